The van der Waals surface area contributed by atoms with Gasteiger partial charge in [-0.15, -0.1) is 0 Å². The minimum Gasteiger partial charge on any atom is -0.584 e. The summed E-state index contributed by atoms with van der Waals surface area (Å²) in [7, 11) is 0. The van der Waals surface area contributed by atoms with Gasteiger partial charge >= 0.3 is 0 Å². The Morgan fingerprint density at radius 2 is 0.920 bits per heavy atom. The van der Waals surface area contributed by atoms with E-state index in [0.29, 0.717) is 5.60 Å². The van der Waals surface area contributed by atoms with Crippen molar-refractivity contribution in [1.29, 1.82) is 0 Å². The molecule has 146 valence electrons. The largest absolute Gasteiger partial charge is 0.584 e. The van der Waals surface area contributed by atoms with Gasteiger partial charge in [0.2, 0.25) is 0 Å². The predicted octanol–water partition coefficient (Wildman–Crippen LogP) is 6.75. The summed E-state index contributed by atoms with van der Waals surface area (Å²) < 4.78 is 5.35. The van der Waals surface area contributed by atoms with E-state index in [1.807, 2.05) is 41.5 Å². The van der Waals surface area contributed by atoms with Crippen molar-refractivity contribution in [2.24, 2.45) is 5.41 Å². The van der Waals surface area contributed by atoms with Gasteiger partial charge in [-0.1, -0.05) is 41.5 Å². The van der Waals surface area contributed by atoms with Crippen molar-refractivity contribution >= 4 is 0 Å². The first-order valence-electron chi connectivity index (χ1n) is 8.47. The molecule has 1 aliphatic carbocycles. The molecule has 0 unspecified atom stereocenters. The van der Waals surface area contributed by atoms with Gasteiger partial charge in [-0.3, -0.25) is 0 Å². The summed E-state index contributed by atoms with van der Waals surface area (Å²) in [6.45, 7) is 33.5. The van der Waals surface area contributed by atoms with E-state index in [1.54, 1.807) is 0 Å². The van der Waals surface area contributed by atoms with Crippen LogP contribution in [0.25, 0.3) is 0 Å². The Balaban J connectivity index is -0.0000000245. The smallest absolute Gasteiger partial charge is 0.0704 e. The average Bonchev–Trinajstić information content (AvgIpc) is 2.32. The molecule has 1 nitrogen and oxygen atoms in total. The van der Waals surface area contributed by atoms with Gasteiger partial charge in [-0.05, 0) is 25.7 Å². The Morgan fingerprint density at radius 1 is 0.720 bits per heavy atom. The maximum Gasteiger partial charge on any atom is 0.0704 e. The standard InChI is InChI=1S/C6H10O.C5H8.C3H6.3C2H6.4Y/c1-2-6(3-1)4-5-7-6;1-5(2,3)4;1-3-2;3*1-2;;;;/h1-5H2;1-4H2;1-3H2;3*1-2H3;;;;/q;-4;-2;;;;;;;. The predicted molar refractivity (Wildman–Crippen MR) is 100 cm³/mol. The van der Waals surface area contributed by atoms with Crippen molar-refractivity contribution in [1.82, 2.24) is 0 Å². The van der Waals surface area contributed by atoms with Crippen molar-refractivity contribution in [2.75, 3.05) is 6.61 Å². The second-order valence-corrected chi connectivity index (χ2v) is 4.49. The summed E-state index contributed by atoms with van der Waals surface area (Å²) >= 11 is 0. The van der Waals surface area contributed by atoms with Gasteiger partial charge in [0.15, 0.2) is 0 Å². The van der Waals surface area contributed by atoms with Crippen LogP contribution in [0.4, 0.5) is 0 Å². The van der Waals surface area contributed by atoms with Crippen molar-refractivity contribution < 1.29 is 136 Å². The van der Waals surface area contributed by atoms with E-state index in [4.69, 9.17) is 4.74 Å². The Kier molecular flexibility index (Phi) is 80.6. The van der Waals surface area contributed by atoms with Crippen LogP contribution in [0.1, 0.15) is 73.6 Å². The number of ether oxygens (including phenoxy) is 1. The minimum absolute atomic E-state index is 0. The summed E-state index contributed by atoms with van der Waals surface area (Å²) in [4.78, 5) is 0. The molecular weight excluding hydrogens is 612 g/mol. The molecule has 2 fully saturated rings. The summed E-state index contributed by atoms with van der Waals surface area (Å²) in [5.41, 5.74) is -0.0556. The zero-order valence-electron chi connectivity index (χ0n) is 18.2. The fourth-order valence-electron chi connectivity index (χ4n) is 1.36. The Labute approximate surface area is 263 Å². The van der Waals surface area contributed by atoms with Crippen LogP contribution in [0.15, 0.2) is 0 Å². The van der Waals surface area contributed by atoms with Crippen molar-refractivity contribution in [3.8, 4) is 0 Å². The first kappa shape index (κ1) is 51.8. The summed E-state index contributed by atoms with van der Waals surface area (Å²) in [6.07, 6.45) is 6.17. The first-order chi connectivity index (χ1) is 9.83. The third-order valence-corrected chi connectivity index (χ3v) is 2.23. The quantitative estimate of drug-likeness (QED) is 0.263. The Bertz CT molecular complexity index is 142. The van der Waals surface area contributed by atoms with Gasteiger partial charge in [0.25, 0.3) is 0 Å². The SMILES string of the molecule is C1CC2(C1)CCO2.CC.CC.CC.[CH2-]C([CH2-])([CH2-])[CH2-].[CH2-]C[CH2-].[Y].[Y].[Y].[Y]. The molecule has 2 aliphatic rings. The summed E-state index contributed by atoms with van der Waals surface area (Å²) in [5.74, 6) is 0. The van der Waals surface area contributed by atoms with Crippen LogP contribution in [-0.4, -0.2) is 12.2 Å². The molecule has 25 heavy (non-hydrogen) atoms. The van der Waals surface area contributed by atoms with Crippen molar-refractivity contribution in [2.45, 2.75) is 79.2 Å². The molecule has 4 radical (unpaired) electrons. The van der Waals surface area contributed by atoms with E-state index in [9.17, 15) is 0 Å². The molecule has 1 aliphatic heterocycles. The topological polar surface area (TPSA) is 9.23 Å². The van der Waals surface area contributed by atoms with Crippen LogP contribution >= 0.6 is 0 Å². The van der Waals surface area contributed by atoms with Crippen molar-refractivity contribution in [3.63, 3.8) is 0 Å². The van der Waals surface area contributed by atoms with E-state index >= 15 is 0 Å². The molecule has 0 N–H and O–H groups in total. The molecular formula is C20H42OY4-6. The van der Waals surface area contributed by atoms with Crippen LogP contribution in [0, 0.1) is 47.0 Å². The second kappa shape index (κ2) is 38.9. The molecule has 1 saturated carbocycles. The molecule has 0 aromatic heterocycles. The minimum atomic E-state index is -0.500. The van der Waals surface area contributed by atoms with Crippen molar-refractivity contribution in [3.05, 3.63) is 41.5 Å². The molecule has 0 atom stereocenters. The summed E-state index contributed by atoms with van der Waals surface area (Å²) in [5, 5.41) is 0. The fraction of sp³-hybridized carbons (Fsp3) is 0.700. The number of rotatable bonds is 0. The van der Waals surface area contributed by atoms with E-state index in [0.717, 1.165) is 13.0 Å². The molecule has 0 aromatic rings. The monoisotopic (exact) mass is 654 g/mol. The normalized spacial score (nSPS) is 13.4. The van der Waals surface area contributed by atoms with E-state index in [-0.39, 0.29) is 131 Å². The zero-order valence-corrected chi connectivity index (χ0v) is 29.6. The molecule has 1 saturated heterocycles. The van der Waals surface area contributed by atoms with Gasteiger partial charge in [-0.2, -0.15) is 0 Å². The third kappa shape index (κ3) is 47.5. The van der Waals surface area contributed by atoms with Crippen LogP contribution in [0.3, 0.4) is 0 Å². The summed E-state index contributed by atoms with van der Waals surface area (Å²) in [6, 6.07) is 0. The van der Waals surface area contributed by atoms with Crippen LogP contribution < -0.4 is 0 Å². The maximum atomic E-state index is 5.35. The van der Waals surface area contributed by atoms with E-state index in [2.05, 4.69) is 41.5 Å². The van der Waals surface area contributed by atoms with Crippen LogP contribution in [0.2, 0.25) is 0 Å². The zero-order chi connectivity index (χ0) is 17.9. The van der Waals surface area contributed by atoms with Gasteiger partial charge in [-0.25, -0.2) is 0 Å². The number of hydrogen-bond donors (Lipinski definition) is 0. The third-order valence-electron chi connectivity index (χ3n) is 2.23. The second-order valence-electron chi connectivity index (χ2n) is 4.49. The van der Waals surface area contributed by atoms with Gasteiger partial charge in [0, 0.05) is 131 Å². The van der Waals surface area contributed by atoms with Gasteiger partial charge in [0.1, 0.15) is 0 Å². The van der Waals surface area contributed by atoms with E-state index in [1.165, 1.54) is 25.7 Å². The molecule has 0 aromatic carbocycles. The average molecular weight is 654 g/mol. The fourth-order valence-corrected chi connectivity index (χ4v) is 1.36. The molecule has 0 amide bonds. The molecule has 5 heteroatoms. The van der Waals surface area contributed by atoms with Crippen LogP contribution in [-0.2, 0) is 136 Å². The molecule has 2 rings (SSSR count). The van der Waals surface area contributed by atoms with E-state index < -0.39 is 5.41 Å². The number of hydrogen-bond acceptors (Lipinski definition) is 1. The Morgan fingerprint density at radius 3 is 0.920 bits per heavy atom. The first-order valence-corrected chi connectivity index (χ1v) is 8.47. The maximum absolute atomic E-state index is 5.35. The van der Waals surface area contributed by atoms with Gasteiger partial charge in [0.05, 0.1) is 12.2 Å². The van der Waals surface area contributed by atoms with Crippen LogP contribution in [0.5, 0.6) is 0 Å². The Hall–Kier alpha value is 4.38. The van der Waals surface area contributed by atoms with Gasteiger partial charge < -0.3 is 58.1 Å². The molecule has 0 bridgehead atoms. The molecule has 1 spiro atoms. The molecule has 1 heterocycles.